The number of nitriles is 1. The summed E-state index contributed by atoms with van der Waals surface area (Å²) in [6.45, 7) is 8.54. The second kappa shape index (κ2) is 11.3. The number of imidazole rings is 1. The van der Waals surface area contributed by atoms with Crippen molar-refractivity contribution in [3.05, 3.63) is 82.7 Å². The largest absolute Gasteiger partial charge is 0.451 e. The summed E-state index contributed by atoms with van der Waals surface area (Å²) >= 11 is 0. The second-order valence-electron chi connectivity index (χ2n) is 8.88. The Balaban J connectivity index is 1.70. The van der Waals surface area contributed by atoms with Gasteiger partial charge >= 0.3 is 5.97 Å². The van der Waals surface area contributed by atoms with Gasteiger partial charge in [-0.2, -0.15) is 5.26 Å². The number of hydrogen-bond acceptors (Lipinski definition) is 5. The van der Waals surface area contributed by atoms with Gasteiger partial charge in [-0.05, 0) is 43.0 Å². The Labute approximate surface area is 205 Å². The van der Waals surface area contributed by atoms with Gasteiger partial charge in [0.05, 0.1) is 0 Å². The molecular formula is C27H31N5O3. The van der Waals surface area contributed by atoms with E-state index in [1.54, 1.807) is 12.4 Å². The monoisotopic (exact) mass is 473 g/mol. The minimum Gasteiger partial charge on any atom is -0.451 e. The van der Waals surface area contributed by atoms with Crippen LogP contribution < -0.4 is 5.32 Å². The summed E-state index contributed by atoms with van der Waals surface area (Å²) in [6, 6.07) is 12.7. The van der Waals surface area contributed by atoms with Gasteiger partial charge in [0, 0.05) is 37.4 Å². The molecule has 3 aromatic rings. The van der Waals surface area contributed by atoms with E-state index in [2.05, 4.69) is 28.7 Å². The number of benzene rings is 1. The molecule has 1 aromatic carbocycles. The van der Waals surface area contributed by atoms with Crippen LogP contribution in [0, 0.1) is 31.1 Å². The molecule has 0 bridgehead atoms. The molecule has 3 rings (SSSR count). The van der Waals surface area contributed by atoms with Crippen molar-refractivity contribution in [2.75, 3.05) is 6.61 Å². The van der Waals surface area contributed by atoms with Crippen LogP contribution in [0.15, 0.2) is 54.4 Å². The molecule has 0 aliphatic carbocycles. The number of rotatable bonds is 9. The van der Waals surface area contributed by atoms with Crippen molar-refractivity contribution in [2.45, 2.75) is 40.3 Å². The van der Waals surface area contributed by atoms with E-state index in [0.717, 1.165) is 29.1 Å². The third-order valence-corrected chi connectivity index (χ3v) is 5.69. The molecule has 0 fully saturated rings. The van der Waals surface area contributed by atoms with E-state index in [1.165, 1.54) is 6.08 Å². The summed E-state index contributed by atoms with van der Waals surface area (Å²) in [4.78, 5) is 29.6. The minimum absolute atomic E-state index is 0.161. The highest BCUT2D eigenvalue weighted by atomic mass is 16.5. The first-order valence-corrected chi connectivity index (χ1v) is 11.5. The molecule has 0 saturated heterocycles. The summed E-state index contributed by atoms with van der Waals surface area (Å²) < 4.78 is 9.15. The number of carbonyl (C=O) groups is 2. The molecule has 182 valence electrons. The number of aromatic nitrogens is 3. The average molecular weight is 474 g/mol. The molecule has 35 heavy (non-hydrogen) atoms. The van der Waals surface area contributed by atoms with Gasteiger partial charge < -0.3 is 19.2 Å². The lowest BCUT2D eigenvalue weighted by atomic mass is 10.1. The van der Waals surface area contributed by atoms with Crippen LogP contribution >= 0.6 is 0 Å². The molecule has 2 aromatic heterocycles. The van der Waals surface area contributed by atoms with E-state index >= 15 is 0 Å². The number of amides is 1. The molecular weight excluding hydrogens is 442 g/mol. The number of ether oxygens (including phenoxy) is 1. The zero-order chi connectivity index (χ0) is 25.5. The molecule has 0 aliphatic rings. The minimum atomic E-state index is -0.843. The van der Waals surface area contributed by atoms with Gasteiger partial charge in [0.25, 0.3) is 5.91 Å². The number of esters is 1. The van der Waals surface area contributed by atoms with Gasteiger partial charge in [0.15, 0.2) is 6.61 Å². The Morgan fingerprint density at radius 3 is 2.54 bits per heavy atom. The maximum Gasteiger partial charge on any atom is 0.349 e. The molecule has 1 atom stereocenters. The van der Waals surface area contributed by atoms with Crippen LogP contribution in [-0.4, -0.2) is 32.6 Å². The SMILES string of the molecule is Cc1cc(/C=C(\C#N)C(=O)OCC(=O)NC(c2ccccc2)c2nccn2C)c(C)n1CC(C)C. The predicted octanol–water partition coefficient (Wildman–Crippen LogP) is 3.85. The van der Waals surface area contributed by atoms with E-state index < -0.39 is 24.5 Å². The summed E-state index contributed by atoms with van der Waals surface area (Å²) in [5.41, 5.74) is 3.48. The fourth-order valence-electron chi connectivity index (χ4n) is 3.92. The first-order valence-electron chi connectivity index (χ1n) is 11.5. The average Bonchev–Trinajstić information content (AvgIpc) is 3.37. The van der Waals surface area contributed by atoms with Gasteiger partial charge in [-0.15, -0.1) is 0 Å². The van der Waals surface area contributed by atoms with Crippen molar-refractivity contribution in [3.63, 3.8) is 0 Å². The van der Waals surface area contributed by atoms with Gasteiger partial charge in [-0.3, -0.25) is 4.79 Å². The van der Waals surface area contributed by atoms with Crippen LogP contribution in [0.25, 0.3) is 6.08 Å². The first-order chi connectivity index (χ1) is 16.7. The van der Waals surface area contributed by atoms with Crippen LogP contribution in [-0.2, 0) is 27.9 Å². The van der Waals surface area contributed by atoms with E-state index in [-0.39, 0.29) is 5.57 Å². The lowest BCUT2D eigenvalue weighted by Crippen LogP contribution is -2.34. The number of carbonyl (C=O) groups excluding carboxylic acids is 2. The lowest BCUT2D eigenvalue weighted by Gasteiger charge is -2.19. The summed E-state index contributed by atoms with van der Waals surface area (Å²) in [5.74, 6) is -0.238. The maximum absolute atomic E-state index is 12.7. The molecule has 2 heterocycles. The number of nitrogens with one attached hydrogen (secondary N) is 1. The molecule has 0 spiro atoms. The fraction of sp³-hybridized carbons (Fsp3) is 0.333. The van der Waals surface area contributed by atoms with Crippen LogP contribution in [0.5, 0.6) is 0 Å². The van der Waals surface area contributed by atoms with Gasteiger partial charge in [-0.25, -0.2) is 9.78 Å². The van der Waals surface area contributed by atoms with Gasteiger partial charge in [0.2, 0.25) is 0 Å². The molecule has 1 N–H and O–H groups in total. The van der Waals surface area contributed by atoms with Crippen molar-refractivity contribution < 1.29 is 14.3 Å². The zero-order valence-electron chi connectivity index (χ0n) is 20.8. The number of hydrogen-bond donors (Lipinski definition) is 1. The molecule has 0 radical (unpaired) electrons. The Bertz CT molecular complexity index is 1260. The van der Waals surface area contributed by atoms with Crippen molar-refractivity contribution in [3.8, 4) is 6.07 Å². The van der Waals surface area contributed by atoms with Gasteiger partial charge in [0.1, 0.15) is 23.5 Å². The predicted molar refractivity (Wildman–Crippen MR) is 133 cm³/mol. The molecule has 8 heteroatoms. The lowest BCUT2D eigenvalue weighted by molar-refractivity contribution is -0.144. The molecule has 0 aliphatic heterocycles. The van der Waals surface area contributed by atoms with E-state index in [1.807, 2.05) is 67.9 Å². The molecule has 1 amide bonds. The van der Waals surface area contributed by atoms with Crippen LogP contribution in [0.4, 0.5) is 0 Å². The van der Waals surface area contributed by atoms with Crippen molar-refractivity contribution in [1.29, 1.82) is 5.26 Å². The van der Waals surface area contributed by atoms with Crippen molar-refractivity contribution >= 4 is 18.0 Å². The van der Waals surface area contributed by atoms with Crippen molar-refractivity contribution in [1.82, 2.24) is 19.4 Å². The van der Waals surface area contributed by atoms with Crippen LogP contribution in [0.1, 0.15) is 48.2 Å². The van der Waals surface area contributed by atoms with Crippen molar-refractivity contribution in [2.24, 2.45) is 13.0 Å². The molecule has 1 unspecified atom stereocenters. The van der Waals surface area contributed by atoms with E-state index in [4.69, 9.17) is 4.74 Å². The normalized spacial score (nSPS) is 12.3. The summed E-state index contributed by atoms with van der Waals surface area (Å²) in [7, 11) is 1.84. The first kappa shape index (κ1) is 25.5. The Kier molecular flexibility index (Phi) is 8.26. The Hall–Kier alpha value is -4.12. The molecule has 8 nitrogen and oxygen atoms in total. The van der Waals surface area contributed by atoms with Crippen LogP contribution in [0.2, 0.25) is 0 Å². The Morgan fingerprint density at radius 2 is 1.94 bits per heavy atom. The number of aryl methyl sites for hydroxylation is 2. The highest BCUT2D eigenvalue weighted by molar-refractivity contribution is 5.99. The number of nitrogens with zero attached hydrogens (tertiary/aromatic N) is 4. The van der Waals surface area contributed by atoms with E-state index in [9.17, 15) is 14.9 Å². The summed E-state index contributed by atoms with van der Waals surface area (Å²) in [5, 5.41) is 12.4. The third-order valence-electron chi connectivity index (χ3n) is 5.69. The standard InChI is InChI=1S/C27H31N5O3/c1-18(2)16-32-19(3)13-22(20(32)4)14-23(15-28)27(34)35-17-24(33)30-25(21-9-7-6-8-10-21)26-29-11-12-31(26)5/h6-14,18,25H,16-17H2,1-5H3,(H,30,33)/b23-14+. The van der Waals surface area contributed by atoms with Gasteiger partial charge in [-0.1, -0.05) is 44.2 Å². The maximum atomic E-state index is 12.7. The topological polar surface area (TPSA) is 102 Å². The zero-order valence-corrected chi connectivity index (χ0v) is 20.8. The van der Waals surface area contributed by atoms with Crippen LogP contribution in [0.3, 0.4) is 0 Å². The second-order valence-corrected chi connectivity index (χ2v) is 8.88. The quantitative estimate of drug-likeness (QED) is 0.289. The fourth-order valence-corrected chi connectivity index (χ4v) is 3.92. The highest BCUT2D eigenvalue weighted by Crippen LogP contribution is 2.21. The van der Waals surface area contributed by atoms with E-state index in [0.29, 0.717) is 11.7 Å². The summed E-state index contributed by atoms with van der Waals surface area (Å²) in [6.07, 6.45) is 4.96. The smallest absolute Gasteiger partial charge is 0.349 e. The molecule has 0 saturated carbocycles. The third kappa shape index (κ3) is 6.27. The highest BCUT2D eigenvalue weighted by Gasteiger charge is 2.22. The Morgan fingerprint density at radius 1 is 1.23 bits per heavy atom.